The zero-order chi connectivity index (χ0) is 44.7. The highest BCUT2D eigenvalue weighted by molar-refractivity contribution is 5.82. The summed E-state index contributed by atoms with van der Waals surface area (Å²) in [5, 5.41) is 29.7. The van der Waals surface area contributed by atoms with E-state index in [9.17, 15) is 58.5 Å². The molecule has 0 bridgehead atoms. The third-order valence-corrected chi connectivity index (χ3v) is 12.8. The Bertz CT molecular complexity index is 1850. The van der Waals surface area contributed by atoms with Crippen molar-refractivity contribution in [3.8, 4) is 0 Å². The maximum atomic E-state index is 13.8. The lowest BCUT2D eigenvalue weighted by molar-refractivity contribution is -0.159. The first-order valence-electron chi connectivity index (χ1n) is 21.1. The third-order valence-electron chi connectivity index (χ3n) is 12.8. The maximum absolute atomic E-state index is 13.8. The zero-order valence-corrected chi connectivity index (χ0v) is 35.8. The maximum Gasteiger partial charge on any atom is 0.336 e. The van der Waals surface area contributed by atoms with E-state index in [2.05, 4.69) is 0 Å². The van der Waals surface area contributed by atoms with E-state index in [1.54, 1.807) is 0 Å². The average Bonchev–Trinajstić information content (AvgIpc) is 3.51. The van der Waals surface area contributed by atoms with E-state index in [1.807, 2.05) is 41.5 Å². The van der Waals surface area contributed by atoms with Gasteiger partial charge in [0.2, 0.25) is 0 Å². The number of aromatic nitrogens is 3. The molecule has 0 amide bonds. The van der Waals surface area contributed by atoms with Gasteiger partial charge in [-0.25, -0.2) is 28.1 Å². The van der Waals surface area contributed by atoms with Gasteiger partial charge in [0.25, 0.3) is 0 Å². The fraction of sp³-hybridized carbons (Fsp3) is 0.786. The Kier molecular flexibility index (Phi) is 15.8. The molecule has 336 valence electrons. The number of nitrogens with zero attached hydrogens (tertiary/aromatic N) is 3. The predicted octanol–water partition coefficient (Wildman–Crippen LogP) is 3.55. The molecule has 3 saturated carbocycles. The standard InChI is InChI=1S/C42H63N3O15/c1-40(2)14-8-11-26(28(22-40)32(48)49)34(52)58-19-16-43-37(55)44(17-20-59-35(53)27-12-9-15-41(3,4)23-29(27)33(50)51)39(57)45(38(43)56)18-21-60-36(54)30-24-42(5,6)13-7-10-25(30)31(46)47/h25-30H,7-24H2,1-6H3,(H,46,47)(H,48,49)(H,50,51). The minimum Gasteiger partial charge on any atom is -0.481 e. The van der Waals surface area contributed by atoms with Crippen LogP contribution in [0, 0.1) is 51.8 Å². The number of hydrogen-bond donors (Lipinski definition) is 3. The molecular weight excluding hydrogens is 786 g/mol. The molecule has 3 aliphatic rings. The second-order valence-electron chi connectivity index (χ2n) is 19.2. The summed E-state index contributed by atoms with van der Waals surface area (Å²) in [7, 11) is 0. The van der Waals surface area contributed by atoms with Crippen LogP contribution < -0.4 is 17.1 Å². The van der Waals surface area contributed by atoms with Crippen LogP contribution in [0.25, 0.3) is 0 Å². The second-order valence-corrected chi connectivity index (χ2v) is 19.2. The Hall–Kier alpha value is -4.77. The Morgan fingerprint density at radius 3 is 1.03 bits per heavy atom. The number of esters is 3. The van der Waals surface area contributed by atoms with Gasteiger partial charge in [-0.1, -0.05) is 60.8 Å². The van der Waals surface area contributed by atoms with Gasteiger partial charge in [-0.2, -0.15) is 0 Å². The second kappa shape index (κ2) is 19.7. The number of ether oxygens (including phenoxy) is 3. The van der Waals surface area contributed by atoms with Crippen molar-refractivity contribution < 1.29 is 58.3 Å². The van der Waals surface area contributed by atoms with Gasteiger partial charge in [0, 0.05) is 0 Å². The van der Waals surface area contributed by atoms with Gasteiger partial charge in [0.1, 0.15) is 19.8 Å². The van der Waals surface area contributed by atoms with Crippen molar-refractivity contribution in [2.24, 2.45) is 51.8 Å². The SMILES string of the molecule is CC1(C)CCCC(C(=O)OCCn2c(=O)n(CCOC(=O)C3CCCC(C)(C)CC3C(=O)O)c(=O)n(CCOC(=O)C3CC(C)(C)CCCC3C(=O)O)c2=O)C(C(=O)O)C1. The molecule has 1 aromatic rings. The van der Waals surface area contributed by atoms with Gasteiger partial charge in [-0.05, 0) is 74.0 Å². The van der Waals surface area contributed by atoms with E-state index in [-0.39, 0.29) is 54.8 Å². The summed E-state index contributed by atoms with van der Waals surface area (Å²) < 4.78 is 18.3. The summed E-state index contributed by atoms with van der Waals surface area (Å²) in [5.41, 5.74) is -4.37. The van der Waals surface area contributed by atoms with E-state index < -0.39 is 128 Å². The molecular formula is C42H63N3O15. The van der Waals surface area contributed by atoms with Crippen LogP contribution in [-0.2, 0) is 62.6 Å². The van der Waals surface area contributed by atoms with Crippen LogP contribution in [0.1, 0.15) is 119 Å². The molecule has 0 radical (unpaired) electrons. The number of carbonyl (C=O) groups excluding carboxylic acids is 3. The fourth-order valence-electron chi connectivity index (χ4n) is 9.44. The molecule has 60 heavy (non-hydrogen) atoms. The molecule has 18 nitrogen and oxygen atoms in total. The van der Waals surface area contributed by atoms with Gasteiger partial charge in [-0.3, -0.25) is 28.8 Å². The van der Waals surface area contributed by atoms with Gasteiger partial charge in [0.05, 0.1) is 55.1 Å². The molecule has 3 aliphatic carbocycles. The zero-order valence-electron chi connectivity index (χ0n) is 35.8. The summed E-state index contributed by atoms with van der Waals surface area (Å²) >= 11 is 0. The van der Waals surface area contributed by atoms with Crippen molar-refractivity contribution in [3.63, 3.8) is 0 Å². The first-order valence-corrected chi connectivity index (χ1v) is 21.1. The molecule has 1 aromatic heterocycles. The fourth-order valence-corrected chi connectivity index (χ4v) is 9.44. The number of carbonyl (C=O) groups is 6. The monoisotopic (exact) mass is 849 g/mol. The summed E-state index contributed by atoms with van der Waals surface area (Å²) in [6, 6.07) is 0. The van der Waals surface area contributed by atoms with E-state index in [1.165, 1.54) is 0 Å². The third kappa shape index (κ3) is 12.2. The van der Waals surface area contributed by atoms with Crippen LogP contribution in [0.2, 0.25) is 0 Å². The number of aliphatic carboxylic acids is 3. The van der Waals surface area contributed by atoms with Crippen molar-refractivity contribution >= 4 is 35.8 Å². The molecule has 0 saturated heterocycles. The Balaban J connectivity index is 1.57. The molecule has 0 aromatic carbocycles. The molecule has 1 heterocycles. The normalized spacial score (nSPS) is 26.3. The van der Waals surface area contributed by atoms with Crippen LogP contribution in [0.4, 0.5) is 0 Å². The Morgan fingerprint density at radius 2 is 0.733 bits per heavy atom. The van der Waals surface area contributed by atoms with Crippen LogP contribution in [0.3, 0.4) is 0 Å². The Labute approximate surface area is 348 Å². The van der Waals surface area contributed by atoms with Crippen LogP contribution in [0.5, 0.6) is 0 Å². The number of hydrogen-bond acceptors (Lipinski definition) is 12. The summed E-state index contributed by atoms with van der Waals surface area (Å²) in [6.45, 7) is 8.33. The van der Waals surface area contributed by atoms with Gasteiger partial charge < -0.3 is 29.5 Å². The molecule has 0 aliphatic heterocycles. The molecule has 6 unspecified atom stereocenters. The smallest absolute Gasteiger partial charge is 0.336 e. The largest absolute Gasteiger partial charge is 0.481 e. The van der Waals surface area contributed by atoms with E-state index in [0.717, 1.165) is 0 Å². The lowest BCUT2D eigenvalue weighted by Gasteiger charge is -2.27. The summed E-state index contributed by atoms with van der Waals surface area (Å²) in [4.78, 5) is 118. The molecule has 3 fully saturated rings. The van der Waals surface area contributed by atoms with Gasteiger partial charge in [0.15, 0.2) is 0 Å². The van der Waals surface area contributed by atoms with E-state index in [0.29, 0.717) is 52.2 Å². The minimum atomic E-state index is -1.14. The number of rotatable bonds is 15. The highest BCUT2D eigenvalue weighted by Gasteiger charge is 2.43. The number of carboxylic acid groups (broad SMARTS) is 3. The predicted molar refractivity (Wildman–Crippen MR) is 213 cm³/mol. The Morgan fingerprint density at radius 1 is 0.467 bits per heavy atom. The highest BCUT2D eigenvalue weighted by atomic mass is 16.5. The van der Waals surface area contributed by atoms with Crippen molar-refractivity contribution in [2.75, 3.05) is 19.8 Å². The lowest BCUT2D eigenvalue weighted by atomic mass is 9.79. The van der Waals surface area contributed by atoms with Crippen molar-refractivity contribution in [2.45, 2.75) is 138 Å². The minimum absolute atomic E-state index is 0.246. The molecule has 6 atom stereocenters. The van der Waals surface area contributed by atoms with Crippen molar-refractivity contribution in [3.05, 3.63) is 31.5 Å². The summed E-state index contributed by atoms with van der Waals surface area (Å²) in [5.74, 6) is -11.7. The molecule has 0 spiro atoms. The van der Waals surface area contributed by atoms with Crippen molar-refractivity contribution in [1.29, 1.82) is 0 Å². The van der Waals surface area contributed by atoms with Crippen molar-refractivity contribution in [1.82, 2.24) is 13.7 Å². The first-order chi connectivity index (χ1) is 27.9. The average molecular weight is 850 g/mol. The van der Waals surface area contributed by atoms with Crippen LogP contribution in [0.15, 0.2) is 14.4 Å². The van der Waals surface area contributed by atoms with Gasteiger partial charge in [-0.15, -0.1) is 0 Å². The van der Waals surface area contributed by atoms with E-state index in [4.69, 9.17) is 14.2 Å². The lowest BCUT2D eigenvalue weighted by Crippen LogP contribution is -2.55. The van der Waals surface area contributed by atoms with E-state index >= 15 is 0 Å². The number of carboxylic acids is 3. The quantitative estimate of drug-likeness (QED) is 0.130. The highest BCUT2D eigenvalue weighted by Crippen LogP contribution is 2.43. The van der Waals surface area contributed by atoms with Gasteiger partial charge >= 0.3 is 52.9 Å². The summed E-state index contributed by atoms with van der Waals surface area (Å²) in [6.07, 6.45) is 5.46. The van der Waals surface area contributed by atoms with Crippen LogP contribution >= 0.6 is 0 Å². The molecule has 3 N–H and O–H groups in total. The molecule has 4 rings (SSSR count). The topological polar surface area (TPSA) is 257 Å². The first kappa shape index (κ1) is 47.9. The van der Waals surface area contributed by atoms with Crippen LogP contribution in [-0.4, -0.2) is 84.7 Å². The molecule has 18 heteroatoms.